The van der Waals surface area contributed by atoms with Crippen molar-refractivity contribution >= 4 is 5.69 Å². The van der Waals surface area contributed by atoms with Crippen molar-refractivity contribution in [2.45, 2.75) is 31.5 Å². The van der Waals surface area contributed by atoms with Gasteiger partial charge in [-0.25, -0.2) is 0 Å². The van der Waals surface area contributed by atoms with Gasteiger partial charge >= 0.3 is 0 Å². The van der Waals surface area contributed by atoms with Gasteiger partial charge in [-0.05, 0) is 30.9 Å². The maximum atomic E-state index is 5.96. The summed E-state index contributed by atoms with van der Waals surface area (Å²) in [5, 5.41) is 0. The Bertz CT molecular complexity index is 382. The molecule has 2 saturated heterocycles. The average molecular weight is 232 g/mol. The molecule has 0 spiro atoms. The Morgan fingerprint density at radius 3 is 2.59 bits per heavy atom. The lowest BCUT2D eigenvalue weighted by Crippen LogP contribution is -2.43. The molecule has 0 saturated carbocycles. The van der Waals surface area contributed by atoms with Crippen LogP contribution in [0.15, 0.2) is 24.3 Å². The SMILES string of the molecule is Nc1ccccc1CCN1CC2CCC(C1)O2. The predicted molar refractivity (Wildman–Crippen MR) is 68.9 cm³/mol. The molecule has 2 N–H and O–H groups in total. The number of likely N-dealkylation sites (tertiary alicyclic amines) is 1. The molecule has 0 amide bonds. The molecule has 3 nitrogen and oxygen atoms in total. The Labute approximate surface area is 103 Å². The molecule has 2 heterocycles. The Morgan fingerprint density at radius 1 is 1.18 bits per heavy atom. The average Bonchev–Trinajstić information content (AvgIpc) is 2.68. The molecule has 2 unspecified atom stereocenters. The van der Waals surface area contributed by atoms with Crippen molar-refractivity contribution in [2.75, 3.05) is 25.4 Å². The second-order valence-electron chi connectivity index (χ2n) is 5.17. The van der Waals surface area contributed by atoms with Crippen LogP contribution in [0.5, 0.6) is 0 Å². The highest BCUT2D eigenvalue weighted by atomic mass is 16.5. The fourth-order valence-corrected chi connectivity index (χ4v) is 2.92. The predicted octanol–water partition coefficient (Wildman–Crippen LogP) is 1.67. The number of ether oxygens (including phenoxy) is 1. The largest absolute Gasteiger partial charge is 0.399 e. The maximum absolute atomic E-state index is 5.96. The Hall–Kier alpha value is -1.06. The molecule has 0 aliphatic carbocycles. The number of nitrogens with zero attached hydrogens (tertiary/aromatic N) is 1. The van der Waals surface area contributed by atoms with E-state index in [1.165, 1.54) is 18.4 Å². The van der Waals surface area contributed by atoms with Gasteiger partial charge in [0.2, 0.25) is 0 Å². The molecule has 0 aromatic heterocycles. The van der Waals surface area contributed by atoms with Crippen LogP contribution in [0.4, 0.5) is 5.69 Å². The summed E-state index contributed by atoms with van der Waals surface area (Å²) in [6.45, 7) is 3.30. The Morgan fingerprint density at radius 2 is 1.88 bits per heavy atom. The highest BCUT2D eigenvalue weighted by Gasteiger charge is 2.33. The van der Waals surface area contributed by atoms with Crippen LogP contribution < -0.4 is 5.73 Å². The minimum absolute atomic E-state index is 0.488. The summed E-state index contributed by atoms with van der Waals surface area (Å²) in [5.74, 6) is 0. The van der Waals surface area contributed by atoms with Crippen molar-refractivity contribution in [2.24, 2.45) is 0 Å². The van der Waals surface area contributed by atoms with Gasteiger partial charge < -0.3 is 10.5 Å². The Kier molecular flexibility index (Phi) is 3.04. The van der Waals surface area contributed by atoms with Crippen LogP contribution in [0, 0.1) is 0 Å². The fraction of sp³-hybridized carbons (Fsp3) is 0.571. The molecule has 1 aromatic carbocycles. The fourth-order valence-electron chi connectivity index (χ4n) is 2.92. The molecule has 2 atom stereocenters. The topological polar surface area (TPSA) is 38.5 Å². The molecular weight excluding hydrogens is 212 g/mol. The van der Waals surface area contributed by atoms with Crippen molar-refractivity contribution in [3.63, 3.8) is 0 Å². The van der Waals surface area contributed by atoms with E-state index in [9.17, 15) is 0 Å². The number of anilines is 1. The minimum atomic E-state index is 0.488. The molecule has 3 rings (SSSR count). The quantitative estimate of drug-likeness (QED) is 0.806. The van der Waals surface area contributed by atoms with E-state index < -0.39 is 0 Å². The first-order chi connectivity index (χ1) is 8.31. The van der Waals surface area contributed by atoms with Gasteiger partial charge in [0.25, 0.3) is 0 Å². The van der Waals surface area contributed by atoms with E-state index in [4.69, 9.17) is 10.5 Å². The lowest BCUT2D eigenvalue weighted by molar-refractivity contribution is -0.0377. The van der Waals surface area contributed by atoms with E-state index in [0.717, 1.165) is 31.7 Å². The summed E-state index contributed by atoms with van der Waals surface area (Å²) in [4.78, 5) is 2.53. The van der Waals surface area contributed by atoms with Crippen LogP contribution in [0.3, 0.4) is 0 Å². The van der Waals surface area contributed by atoms with E-state index in [2.05, 4.69) is 17.0 Å². The molecule has 2 aliphatic rings. The van der Waals surface area contributed by atoms with Gasteiger partial charge in [0.1, 0.15) is 0 Å². The molecule has 92 valence electrons. The summed E-state index contributed by atoms with van der Waals surface area (Å²) < 4.78 is 5.84. The molecular formula is C14H20N2O. The van der Waals surface area contributed by atoms with Gasteiger partial charge in [0.05, 0.1) is 12.2 Å². The normalized spacial score (nSPS) is 28.5. The van der Waals surface area contributed by atoms with Gasteiger partial charge in [-0.3, -0.25) is 4.90 Å². The minimum Gasteiger partial charge on any atom is -0.399 e. The van der Waals surface area contributed by atoms with E-state index in [0.29, 0.717) is 12.2 Å². The zero-order valence-electron chi connectivity index (χ0n) is 10.1. The van der Waals surface area contributed by atoms with Crippen LogP contribution in [0.1, 0.15) is 18.4 Å². The molecule has 0 radical (unpaired) electrons. The number of nitrogens with two attached hydrogens (primary N) is 1. The zero-order valence-corrected chi connectivity index (χ0v) is 10.1. The number of benzene rings is 1. The maximum Gasteiger partial charge on any atom is 0.0707 e. The van der Waals surface area contributed by atoms with E-state index in [1.54, 1.807) is 0 Å². The van der Waals surface area contributed by atoms with Crippen LogP contribution in [-0.2, 0) is 11.2 Å². The van der Waals surface area contributed by atoms with Gasteiger partial charge in [-0.15, -0.1) is 0 Å². The van der Waals surface area contributed by atoms with Gasteiger partial charge in [-0.1, -0.05) is 18.2 Å². The van der Waals surface area contributed by atoms with E-state index >= 15 is 0 Å². The summed E-state index contributed by atoms with van der Waals surface area (Å²) >= 11 is 0. The first kappa shape index (κ1) is 11.1. The summed E-state index contributed by atoms with van der Waals surface area (Å²) in [5.41, 5.74) is 8.15. The molecule has 2 aliphatic heterocycles. The second-order valence-corrected chi connectivity index (χ2v) is 5.17. The number of morpholine rings is 1. The van der Waals surface area contributed by atoms with Crippen LogP contribution in [-0.4, -0.2) is 36.7 Å². The summed E-state index contributed by atoms with van der Waals surface area (Å²) in [6, 6.07) is 8.17. The van der Waals surface area contributed by atoms with Crippen molar-refractivity contribution in [1.29, 1.82) is 0 Å². The molecule has 17 heavy (non-hydrogen) atoms. The molecule has 2 fully saturated rings. The van der Waals surface area contributed by atoms with E-state index in [1.807, 2.05) is 12.1 Å². The summed E-state index contributed by atoms with van der Waals surface area (Å²) in [6.07, 6.45) is 4.51. The van der Waals surface area contributed by atoms with Crippen LogP contribution in [0.2, 0.25) is 0 Å². The van der Waals surface area contributed by atoms with E-state index in [-0.39, 0.29) is 0 Å². The molecule has 2 bridgehead atoms. The van der Waals surface area contributed by atoms with Crippen molar-refractivity contribution in [3.8, 4) is 0 Å². The first-order valence-electron chi connectivity index (χ1n) is 6.52. The third-order valence-electron chi connectivity index (χ3n) is 3.87. The number of rotatable bonds is 3. The standard InChI is InChI=1S/C14H20N2O/c15-14-4-2-1-3-11(14)7-8-16-9-12-5-6-13(10-16)17-12/h1-4,12-13H,5-10,15H2. The first-order valence-corrected chi connectivity index (χ1v) is 6.52. The summed E-state index contributed by atoms with van der Waals surface area (Å²) in [7, 11) is 0. The van der Waals surface area contributed by atoms with Crippen molar-refractivity contribution in [3.05, 3.63) is 29.8 Å². The second kappa shape index (κ2) is 4.67. The third kappa shape index (κ3) is 2.45. The third-order valence-corrected chi connectivity index (χ3v) is 3.87. The number of nitrogen functional groups attached to an aromatic ring is 1. The van der Waals surface area contributed by atoms with Crippen LogP contribution in [0.25, 0.3) is 0 Å². The van der Waals surface area contributed by atoms with Gasteiger partial charge in [-0.2, -0.15) is 0 Å². The van der Waals surface area contributed by atoms with Gasteiger partial charge in [0, 0.05) is 25.3 Å². The van der Waals surface area contributed by atoms with Gasteiger partial charge in [0.15, 0.2) is 0 Å². The Balaban J connectivity index is 1.56. The highest BCUT2D eigenvalue weighted by Crippen LogP contribution is 2.26. The number of para-hydroxylation sites is 1. The van der Waals surface area contributed by atoms with Crippen molar-refractivity contribution < 1.29 is 4.74 Å². The zero-order chi connectivity index (χ0) is 11.7. The van der Waals surface area contributed by atoms with Crippen LogP contribution >= 0.6 is 0 Å². The monoisotopic (exact) mass is 232 g/mol. The lowest BCUT2D eigenvalue weighted by atomic mass is 10.1. The number of hydrogen-bond donors (Lipinski definition) is 1. The molecule has 1 aromatic rings. The number of hydrogen-bond acceptors (Lipinski definition) is 3. The molecule has 3 heteroatoms. The number of fused-ring (bicyclic) bond motifs is 2. The smallest absolute Gasteiger partial charge is 0.0707 e. The highest BCUT2D eigenvalue weighted by molar-refractivity contribution is 5.46. The van der Waals surface area contributed by atoms with Crippen molar-refractivity contribution in [1.82, 2.24) is 4.90 Å². The lowest BCUT2D eigenvalue weighted by Gasteiger charge is -2.32.